The Hall–Kier alpha value is -1.69. The lowest BCUT2D eigenvalue weighted by Gasteiger charge is -2.31. The van der Waals surface area contributed by atoms with E-state index in [1.807, 2.05) is 4.90 Å². The number of aromatic nitrogens is 2. The maximum Gasteiger partial charge on any atom is 0.219 e. The summed E-state index contributed by atoms with van der Waals surface area (Å²) in [5, 5.41) is 6.70. The van der Waals surface area contributed by atoms with Crippen molar-refractivity contribution in [3.8, 4) is 0 Å². The van der Waals surface area contributed by atoms with E-state index in [-0.39, 0.29) is 5.91 Å². The maximum absolute atomic E-state index is 11.4. The van der Waals surface area contributed by atoms with E-state index < -0.39 is 0 Å². The molecule has 1 saturated heterocycles. The molecule has 1 N–H and O–H groups in total. The summed E-state index contributed by atoms with van der Waals surface area (Å²) in [5.74, 6) is 2.77. The smallest absolute Gasteiger partial charge is 0.219 e. The predicted molar refractivity (Wildman–Crippen MR) is 94.9 cm³/mol. The van der Waals surface area contributed by atoms with E-state index in [9.17, 15) is 4.79 Å². The van der Waals surface area contributed by atoms with Crippen LogP contribution in [0.4, 0.5) is 5.82 Å². The summed E-state index contributed by atoms with van der Waals surface area (Å²) < 4.78 is 0. The van der Waals surface area contributed by atoms with Gasteiger partial charge in [-0.1, -0.05) is 6.92 Å². The molecule has 1 aliphatic rings. The number of hydrogen-bond acceptors (Lipinski definition) is 5. The molecule has 1 fully saturated rings. The number of hydrogen-bond donors (Lipinski definition) is 1. The number of nitrogens with one attached hydrogen (secondary N) is 1. The molecule has 3 heterocycles. The molecular weight excluding hydrogens is 308 g/mol. The zero-order chi connectivity index (χ0) is 16.2. The highest BCUT2D eigenvalue weighted by atomic mass is 32.1. The number of carbonyl (C=O) groups excluding carboxylic acids is 1. The van der Waals surface area contributed by atoms with Crippen LogP contribution < -0.4 is 5.32 Å². The van der Waals surface area contributed by atoms with Crippen molar-refractivity contribution in [3.63, 3.8) is 0 Å². The molecular formula is C17H24N4OS. The van der Waals surface area contributed by atoms with Gasteiger partial charge >= 0.3 is 0 Å². The van der Waals surface area contributed by atoms with Crippen LogP contribution >= 0.6 is 11.3 Å². The number of thiophene rings is 1. The Balaban J connectivity index is 1.55. The van der Waals surface area contributed by atoms with E-state index in [1.54, 1.807) is 18.3 Å². The number of fused-ring (bicyclic) bond motifs is 1. The summed E-state index contributed by atoms with van der Waals surface area (Å²) in [5.41, 5.74) is 0. The zero-order valence-electron chi connectivity index (χ0n) is 13.8. The molecule has 0 spiro atoms. The van der Waals surface area contributed by atoms with Crippen LogP contribution in [0.5, 0.6) is 0 Å². The van der Waals surface area contributed by atoms with Gasteiger partial charge < -0.3 is 10.2 Å². The predicted octanol–water partition coefficient (Wildman–Crippen LogP) is 3.31. The van der Waals surface area contributed by atoms with E-state index in [0.29, 0.717) is 5.92 Å². The van der Waals surface area contributed by atoms with Crippen LogP contribution in [-0.4, -0.2) is 40.4 Å². The normalized spacial score (nSPS) is 16.0. The molecule has 0 bridgehead atoms. The van der Waals surface area contributed by atoms with Gasteiger partial charge in [-0.2, -0.15) is 0 Å². The topological polar surface area (TPSA) is 58.1 Å². The summed E-state index contributed by atoms with van der Waals surface area (Å²) in [7, 11) is 0. The third kappa shape index (κ3) is 3.80. The number of aryl methyl sites for hydroxylation is 1. The van der Waals surface area contributed by atoms with Crippen LogP contribution in [0.1, 0.15) is 38.9 Å². The second kappa shape index (κ2) is 7.25. The molecule has 0 radical (unpaired) electrons. The molecule has 6 heteroatoms. The Labute approximate surface area is 141 Å². The van der Waals surface area contributed by atoms with Gasteiger partial charge in [-0.15, -0.1) is 11.3 Å². The molecule has 0 aliphatic carbocycles. The number of anilines is 1. The molecule has 23 heavy (non-hydrogen) atoms. The quantitative estimate of drug-likeness (QED) is 0.912. The molecule has 0 aromatic carbocycles. The van der Waals surface area contributed by atoms with Crippen LogP contribution in [0.3, 0.4) is 0 Å². The molecule has 0 unspecified atom stereocenters. The fourth-order valence-electron chi connectivity index (χ4n) is 3.12. The first-order valence-corrected chi connectivity index (χ1v) is 9.29. The molecule has 0 saturated carbocycles. The summed E-state index contributed by atoms with van der Waals surface area (Å²) in [6.45, 7) is 6.48. The van der Waals surface area contributed by atoms with Gasteiger partial charge in [-0.25, -0.2) is 9.97 Å². The van der Waals surface area contributed by atoms with Gasteiger partial charge in [0.25, 0.3) is 0 Å². The van der Waals surface area contributed by atoms with E-state index in [0.717, 1.165) is 67.2 Å². The summed E-state index contributed by atoms with van der Waals surface area (Å²) in [4.78, 5) is 23.6. The highest BCUT2D eigenvalue weighted by Gasteiger charge is 2.20. The number of nitrogens with zero attached hydrogens (tertiary/aromatic N) is 3. The third-order valence-corrected chi connectivity index (χ3v) is 5.40. The van der Waals surface area contributed by atoms with Crippen molar-refractivity contribution in [2.24, 2.45) is 5.92 Å². The fourth-order valence-corrected chi connectivity index (χ4v) is 3.91. The Bertz CT molecular complexity index is 676. The highest BCUT2D eigenvalue weighted by Crippen LogP contribution is 2.26. The first-order chi connectivity index (χ1) is 11.2. The van der Waals surface area contributed by atoms with Crippen LogP contribution in [0.15, 0.2) is 11.4 Å². The van der Waals surface area contributed by atoms with Gasteiger partial charge in [0.15, 0.2) is 0 Å². The Morgan fingerprint density at radius 1 is 1.39 bits per heavy atom. The standard InChI is InChI=1S/C17H24N4OS/c1-3-15-19-16(14-7-11-23-17(14)20-15)18-8-4-13-5-9-21(10-6-13)12(2)22/h7,11,13H,3-6,8-10H2,1-2H3,(H,18,19,20). The van der Waals surface area contributed by atoms with Crippen molar-refractivity contribution in [3.05, 3.63) is 17.3 Å². The maximum atomic E-state index is 11.4. The minimum atomic E-state index is 0.203. The molecule has 1 amide bonds. The van der Waals surface area contributed by atoms with Crippen LogP contribution in [0, 0.1) is 5.92 Å². The second-order valence-corrected chi connectivity index (χ2v) is 7.04. The van der Waals surface area contributed by atoms with Gasteiger partial charge in [0.2, 0.25) is 5.91 Å². The molecule has 2 aromatic heterocycles. The lowest BCUT2D eigenvalue weighted by molar-refractivity contribution is -0.130. The number of piperidine rings is 1. The van der Waals surface area contributed by atoms with Gasteiger partial charge in [0, 0.05) is 33.0 Å². The monoisotopic (exact) mass is 332 g/mol. The molecule has 1 aliphatic heterocycles. The second-order valence-electron chi connectivity index (χ2n) is 6.15. The summed E-state index contributed by atoms with van der Waals surface area (Å²) >= 11 is 1.67. The molecule has 2 aromatic rings. The molecule has 124 valence electrons. The van der Waals surface area contributed by atoms with Gasteiger partial charge in [-0.3, -0.25) is 4.79 Å². The summed E-state index contributed by atoms with van der Waals surface area (Å²) in [6, 6.07) is 2.09. The Morgan fingerprint density at radius 3 is 2.87 bits per heavy atom. The van der Waals surface area contributed by atoms with Crippen LogP contribution in [-0.2, 0) is 11.2 Å². The first-order valence-electron chi connectivity index (χ1n) is 8.41. The number of carbonyl (C=O) groups is 1. The fraction of sp³-hybridized carbons (Fsp3) is 0.588. The number of rotatable bonds is 5. The molecule has 0 atom stereocenters. The van der Waals surface area contributed by atoms with Crippen molar-refractivity contribution < 1.29 is 4.79 Å². The van der Waals surface area contributed by atoms with Crippen molar-refractivity contribution in [2.45, 2.75) is 39.5 Å². The molecule has 5 nitrogen and oxygen atoms in total. The van der Waals surface area contributed by atoms with E-state index in [4.69, 9.17) is 0 Å². The Morgan fingerprint density at radius 2 is 2.17 bits per heavy atom. The van der Waals surface area contributed by atoms with Gasteiger partial charge in [0.1, 0.15) is 16.5 Å². The minimum absolute atomic E-state index is 0.203. The van der Waals surface area contributed by atoms with Crippen molar-refractivity contribution >= 4 is 33.3 Å². The lowest BCUT2D eigenvalue weighted by Crippen LogP contribution is -2.37. The summed E-state index contributed by atoms with van der Waals surface area (Å²) in [6.07, 6.45) is 4.20. The first kappa shape index (κ1) is 16.2. The number of likely N-dealkylation sites (tertiary alicyclic amines) is 1. The van der Waals surface area contributed by atoms with Crippen LogP contribution in [0.2, 0.25) is 0 Å². The van der Waals surface area contributed by atoms with Crippen molar-refractivity contribution in [1.82, 2.24) is 14.9 Å². The number of amides is 1. The van der Waals surface area contributed by atoms with E-state index >= 15 is 0 Å². The largest absolute Gasteiger partial charge is 0.369 e. The average molecular weight is 332 g/mol. The van der Waals surface area contributed by atoms with Crippen LogP contribution in [0.25, 0.3) is 10.2 Å². The molecule has 3 rings (SSSR count). The lowest BCUT2D eigenvalue weighted by atomic mass is 9.93. The Kier molecular flexibility index (Phi) is 5.10. The zero-order valence-corrected chi connectivity index (χ0v) is 14.7. The SMILES string of the molecule is CCc1nc(NCCC2CCN(C(C)=O)CC2)c2ccsc2n1. The minimum Gasteiger partial charge on any atom is -0.369 e. The highest BCUT2D eigenvalue weighted by molar-refractivity contribution is 7.16. The van der Waals surface area contributed by atoms with Gasteiger partial charge in [0.05, 0.1) is 5.39 Å². The van der Waals surface area contributed by atoms with Crippen molar-refractivity contribution in [1.29, 1.82) is 0 Å². The average Bonchev–Trinajstić information content (AvgIpc) is 3.03. The van der Waals surface area contributed by atoms with Gasteiger partial charge in [-0.05, 0) is 36.6 Å². The van der Waals surface area contributed by atoms with Crippen molar-refractivity contribution in [2.75, 3.05) is 25.0 Å². The van der Waals surface area contributed by atoms with E-state index in [2.05, 4.69) is 33.7 Å². The third-order valence-electron chi connectivity index (χ3n) is 4.59. The van der Waals surface area contributed by atoms with E-state index in [1.165, 1.54) is 0 Å².